The lowest BCUT2D eigenvalue weighted by atomic mass is 9.45. The van der Waals surface area contributed by atoms with Crippen LogP contribution in [0.5, 0.6) is 0 Å². The SMILES string of the molecule is CC(C)CCCC1CCC2C3CCC4CCCCC4(C)C3CCC12C.[HH]. The van der Waals surface area contributed by atoms with Crippen molar-refractivity contribution in [1.82, 2.24) is 0 Å². The van der Waals surface area contributed by atoms with Crippen molar-refractivity contribution in [2.75, 3.05) is 0 Å². The van der Waals surface area contributed by atoms with Crippen molar-refractivity contribution in [3.8, 4) is 0 Å². The Balaban J connectivity index is 0.00000196. The van der Waals surface area contributed by atoms with Gasteiger partial charge in [0.15, 0.2) is 0 Å². The second kappa shape index (κ2) is 6.87. The molecule has 7 unspecified atom stereocenters. The highest BCUT2D eigenvalue weighted by molar-refractivity contribution is 5.08. The molecule has 0 spiro atoms. The Morgan fingerprint density at radius 2 is 1.64 bits per heavy atom. The third-order valence-corrected chi connectivity index (χ3v) is 10.1. The highest BCUT2D eigenvalue weighted by atomic mass is 14.6. The molecular formula is C25H46. The molecule has 25 heavy (non-hydrogen) atoms. The topological polar surface area (TPSA) is 0 Å². The molecule has 0 aliphatic heterocycles. The quantitative estimate of drug-likeness (QED) is 0.482. The molecule has 4 aliphatic rings. The van der Waals surface area contributed by atoms with Crippen LogP contribution in [0.25, 0.3) is 0 Å². The van der Waals surface area contributed by atoms with E-state index < -0.39 is 0 Å². The Bertz CT molecular complexity index is 471. The Morgan fingerprint density at radius 1 is 0.840 bits per heavy atom. The van der Waals surface area contributed by atoms with Gasteiger partial charge in [-0.1, -0.05) is 53.4 Å². The van der Waals surface area contributed by atoms with E-state index >= 15 is 0 Å². The normalized spacial score (nSPS) is 49.6. The first-order chi connectivity index (χ1) is 11.9. The predicted octanol–water partition coefficient (Wildman–Crippen LogP) is 8.11. The Hall–Kier alpha value is 0. The summed E-state index contributed by atoms with van der Waals surface area (Å²) in [5, 5.41) is 0. The minimum atomic E-state index is 0. The molecule has 0 radical (unpaired) electrons. The van der Waals surface area contributed by atoms with Gasteiger partial charge < -0.3 is 0 Å². The Kier molecular flexibility index (Phi) is 5.04. The first-order valence-corrected chi connectivity index (χ1v) is 11.9. The van der Waals surface area contributed by atoms with Gasteiger partial charge in [0, 0.05) is 1.43 Å². The van der Waals surface area contributed by atoms with Gasteiger partial charge in [0.25, 0.3) is 0 Å². The summed E-state index contributed by atoms with van der Waals surface area (Å²) in [7, 11) is 0. The maximum Gasteiger partial charge on any atom is 0 e. The second-order valence-electron chi connectivity index (χ2n) is 11.5. The van der Waals surface area contributed by atoms with Crippen LogP contribution < -0.4 is 0 Å². The minimum absolute atomic E-state index is 0. The van der Waals surface area contributed by atoms with Crippen LogP contribution in [0.15, 0.2) is 0 Å². The largest absolute Gasteiger partial charge is 0.0628 e. The molecule has 0 aromatic heterocycles. The standard InChI is InChI=1S/C25H44.H2/c1-18(2)8-7-10-20-12-14-22-21-13-11-19-9-5-6-16-24(19,3)23(21)15-17-25(20,22)4;/h18-23H,5-17H2,1-4H3;1H. The van der Waals surface area contributed by atoms with Gasteiger partial charge in [-0.05, 0) is 104 Å². The van der Waals surface area contributed by atoms with Gasteiger partial charge >= 0.3 is 0 Å². The van der Waals surface area contributed by atoms with Crippen LogP contribution in [-0.2, 0) is 0 Å². The van der Waals surface area contributed by atoms with Gasteiger partial charge in [-0.2, -0.15) is 0 Å². The van der Waals surface area contributed by atoms with Crippen LogP contribution in [0.3, 0.4) is 0 Å². The Labute approximate surface area is 159 Å². The number of hydrogen-bond donors (Lipinski definition) is 0. The maximum atomic E-state index is 2.73. The van der Waals surface area contributed by atoms with Crippen molar-refractivity contribution in [2.45, 2.75) is 111 Å². The number of rotatable bonds is 4. The van der Waals surface area contributed by atoms with E-state index in [-0.39, 0.29) is 1.43 Å². The fraction of sp³-hybridized carbons (Fsp3) is 1.00. The lowest BCUT2D eigenvalue weighted by molar-refractivity contribution is -0.111. The average Bonchev–Trinajstić information content (AvgIpc) is 2.91. The molecule has 0 heteroatoms. The summed E-state index contributed by atoms with van der Waals surface area (Å²) in [6.45, 7) is 10.3. The number of hydrogen-bond acceptors (Lipinski definition) is 0. The van der Waals surface area contributed by atoms with E-state index in [9.17, 15) is 0 Å². The van der Waals surface area contributed by atoms with Crippen LogP contribution in [0.1, 0.15) is 113 Å². The summed E-state index contributed by atoms with van der Waals surface area (Å²) in [5.41, 5.74) is 1.42. The summed E-state index contributed by atoms with van der Waals surface area (Å²) in [4.78, 5) is 0. The molecule has 0 saturated heterocycles. The van der Waals surface area contributed by atoms with E-state index in [4.69, 9.17) is 0 Å². The van der Waals surface area contributed by atoms with E-state index in [1.54, 1.807) is 51.4 Å². The third-order valence-electron chi connectivity index (χ3n) is 10.1. The van der Waals surface area contributed by atoms with E-state index in [0.29, 0.717) is 5.41 Å². The van der Waals surface area contributed by atoms with E-state index in [0.717, 1.165) is 40.9 Å². The molecule has 7 atom stereocenters. The van der Waals surface area contributed by atoms with Gasteiger partial charge in [0.2, 0.25) is 0 Å². The van der Waals surface area contributed by atoms with Gasteiger partial charge in [-0.25, -0.2) is 0 Å². The lowest BCUT2D eigenvalue weighted by Crippen LogP contribution is -2.52. The maximum absolute atomic E-state index is 2.73. The van der Waals surface area contributed by atoms with Crippen molar-refractivity contribution >= 4 is 0 Å². The zero-order chi connectivity index (χ0) is 17.7. The second-order valence-corrected chi connectivity index (χ2v) is 11.5. The van der Waals surface area contributed by atoms with E-state index in [2.05, 4.69) is 27.7 Å². The molecule has 4 saturated carbocycles. The van der Waals surface area contributed by atoms with E-state index in [1.807, 2.05) is 0 Å². The molecule has 0 bridgehead atoms. The zero-order valence-corrected chi connectivity index (χ0v) is 17.7. The van der Waals surface area contributed by atoms with Crippen molar-refractivity contribution in [1.29, 1.82) is 0 Å². The molecule has 0 nitrogen and oxygen atoms in total. The fourth-order valence-electron chi connectivity index (χ4n) is 8.65. The van der Waals surface area contributed by atoms with Gasteiger partial charge in [0.1, 0.15) is 0 Å². The summed E-state index contributed by atoms with van der Waals surface area (Å²) in [6, 6.07) is 0. The average molecular weight is 347 g/mol. The predicted molar refractivity (Wildman–Crippen MR) is 111 cm³/mol. The first-order valence-electron chi connectivity index (χ1n) is 11.9. The molecular weight excluding hydrogens is 300 g/mol. The highest BCUT2D eigenvalue weighted by Crippen LogP contribution is 2.67. The van der Waals surface area contributed by atoms with E-state index in [1.165, 1.54) is 32.1 Å². The van der Waals surface area contributed by atoms with Crippen molar-refractivity contribution in [3.63, 3.8) is 0 Å². The molecule has 0 aromatic rings. The lowest BCUT2D eigenvalue weighted by Gasteiger charge is -2.60. The molecule has 4 fully saturated rings. The van der Waals surface area contributed by atoms with Crippen LogP contribution in [0, 0.1) is 46.3 Å². The molecule has 0 amide bonds. The first kappa shape index (κ1) is 18.4. The highest BCUT2D eigenvalue weighted by Gasteiger charge is 2.59. The summed E-state index contributed by atoms with van der Waals surface area (Å²) in [6.07, 6.45) is 20.1. The van der Waals surface area contributed by atoms with Crippen LogP contribution in [0.4, 0.5) is 0 Å². The fourth-order valence-corrected chi connectivity index (χ4v) is 8.65. The van der Waals surface area contributed by atoms with Gasteiger partial charge in [-0.15, -0.1) is 0 Å². The third kappa shape index (κ3) is 3.02. The number of fused-ring (bicyclic) bond motifs is 5. The molecule has 146 valence electrons. The smallest absolute Gasteiger partial charge is 0 e. The van der Waals surface area contributed by atoms with Gasteiger partial charge in [0.05, 0.1) is 0 Å². The van der Waals surface area contributed by atoms with Crippen LogP contribution in [0.2, 0.25) is 0 Å². The van der Waals surface area contributed by atoms with Crippen LogP contribution >= 0.6 is 0 Å². The summed E-state index contributed by atoms with van der Waals surface area (Å²) in [5.74, 6) is 6.27. The van der Waals surface area contributed by atoms with Crippen molar-refractivity contribution in [3.05, 3.63) is 0 Å². The molecule has 4 rings (SSSR count). The summed E-state index contributed by atoms with van der Waals surface area (Å²) >= 11 is 0. The van der Waals surface area contributed by atoms with Crippen LogP contribution in [-0.4, -0.2) is 0 Å². The summed E-state index contributed by atoms with van der Waals surface area (Å²) < 4.78 is 0. The van der Waals surface area contributed by atoms with Crippen molar-refractivity contribution < 1.29 is 1.43 Å². The van der Waals surface area contributed by atoms with Gasteiger partial charge in [-0.3, -0.25) is 0 Å². The molecule has 0 aromatic carbocycles. The molecule has 0 heterocycles. The monoisotopic (exact) mass is 346 g/mol. The minimum Gasteiger partial charge on any atom is -0.0628 e. The Morgan fingerprint density at radius 3 is 2.44 bits per heavy atom. The molecule has 4 aliphatic carbocycles. The molecule has 0 N–H and O–H groups in total. The van der Waals surface area contributed by atoms with Crippen molar-refractivity contribution in [2.24, 2.45) is 46.3 Å². The zero-order valence-electron chi connectivity index (χ0n) is 17.7.